The molecule has 0 spiro atoms. The second kappa shape index (κ2) is 5.19. The fourth-order valence-corrected chi connectivity index (χ4v) is 3.69. The van der Waals surface area contributed by atoms with Crippen LogP contribution in [0, 0.1) is 0 Å². The first kappa shape index (κ1) is 11.9. The first-order valence-corrected chi connectivity index (χ1v) is 6.76. The highest BCUT2D eigenvalue weighted by Gasteiger charge is 2.27. The Morgan fingerprint density at radius 3 is 3.00 bits per heavy atom. The standard InChI is InChI=1S/C11H15NO2S2/c1-12-9-4-2-3-8(9)11(15)16-7-5-10(13)14-6-7/h7,12H,2-6H2,1H3. The van der Waals surface area contributed by atoms with Gasteiger partial charge in [-0.3, -0.25) is 4.79 Å². The van der Waals surface area contributed by atoms with Crippen molar-refractivity contribution in [2.45, 2.75) is 30.9 Å². The molecule has 1 aliphatic heterocycles. The van der Waals surface area contributed by atoms with E-state index in [0.29, 0.717) is 13.0 Å². The highest BCUT2D eigenvalue weighted by Crippen LogP contribution is 2.32. The maximum atomic E-state index is 11.0. The zero-order valence-corrected chi connectivity index (χ0v) is 10.9. The van der Waals surface area contributed by atoms with E-state index in [0.717, 1.165) is 17.0 Å². The number of nitrogens with one attached hydrogen (secondary N) is 1. The van der Waals surface area contributed by atoms with E-state index < -0.39 is 0 Å². The van der Waals surface area contributed by atoms with Gasteiger partial charge in [0, 0.05) is 12.7 Å². The number of ether oxygens (including phenoxy) is 1. The Labute approximate surface area is 105 Å². The molecule has 1 fully saturated rings. The minimum absolute atomic E-state index is 0.102. The van der Waals surface area contributed by atoms with Crippen LogP contribution < -0.4 is 5.32 Å². The number of thiocarbonyl (C=S) groups is 1. The smallest absolute Gasteiger partial charge is 0.307 e. The van der Waals surface area contributed by atoms with Crippen LogP contribution >= 0.6 is 24.0 Å². The monoisotopic (exact) mass is 257 g/mol. The van der Waals surface area contributed by atoms with E-state index in [-0.39, 0.29) is 11.2 Å². The molecule has 0 aromatic carbocycles. The first-order chi connectivity index (χ1) is 7.70. The molecular formula is C11H15NO2S2. The summed E-state index contributed by atoms with van der Waals surface area (Å²) in [5, 5.41) is 3.42. The SMILES string of the molecule is CNC1=C(C(=S)SC2COC(=O)C2)CCC1. The number of carbonyl (C=O) groups is 1. The van der Waals surface area contributed by atoms with Crippen LogP contribution in [0.15, 0.2) is 11.3 Å². The third kappa shape index (κ3) is 2.58. The number of thioether (sulfide) groups is 1. The molecule has 0 radical (unpaired) electrons. The molecule has 16 heavy (non-hydrogen) atoms. The number of esters is 1. The van der Waals surface area contributed by atoms with E-state index >= 15 is 0 Å². The van der Waals surface area contributed by atoms with Gasteiger partial charge in [-0.25, -0.2) is 0 Å². The van der Waals surface area contributed by atoms with Gasteiger partial charge in [-0.2, -0.15) is 0 Å². The summed E-state index contributed by atoms with van der Waals surface area (Å²) < 4.78 is 5.87. The summed E-state index contributed by atoms with van der Waals surface area (Å²) in [5.41, 5.74) is 2.53. The second-order valence-corrected chi connectivity index (χ2v) is 5.95. The topological polar surface area (TPSA) is 38.3 Å². The third-order valence-electron chi connectivity index (χ3n) is 2.86. The van der Waals surface area contributed by atoms with Gasteiger partial charge in [0.15, 0.2) is 0 Å². The Morgan fingerprint density at radius 1 is 1.56 bits per heavy atom. The summed E-state index contributed by atoms with van der Waals surface area (Å²) in [4.78, 5) is 11.0. The predicted octanol–water partition coefficient (Wildman–Crippen LogP) is 2.02. The van der Waals surface area contributed by atoms with Crippen LogP contribution in [0.2, 0.25) is 0 Å². The van der Waals surface area contributed by atoms with Gasteiger partial charge in [0.05, 0.1) is 15.9 Å². The van der Waals surface area contributed by atoms with Crippen molar-refractivity contribution in [2.75, 3.05) is 13.7 Å². The van der Waals surface area contributed by atoms with Crippen molar-refractivity contribution in [1.29, 1.82) is 0 Å². The normalized spacial score (nSPS) is 24.8. The molecule has 0 aromatic heterocycles. The molecule has 5 heteroatoms. The number of allylic oxidation sites excluding steroid dienone is 1. The van der Waals surface area contributed by atoms with E-state index in [9.17, 15) is 4.79 Å². The zero-order chi connectivity index (χ0) is 11.5. The quantitative estimate of drug-likeness (QED) is 0.618. The molecule has 1 saturated heterocycles. The van der Waals surface area contributed by atoms with Crippen molar-refractivity contribution >= 4 is 34.1 Å². The van der Waals surface area contributed by atoms with E-state index in [1.165, 1.54) is 17.7 Å². The van der Waals surface area contributed by atoms with Gasteiger partial charge < -0.3 is 10.1 Å². The van der Waals surface area contributed by atoms with E-state index in [1.807, 2.05) is 7.05 Å². The number of hydrogen-bond donors (Lipinski definition) is 1. The van der Waals surface area contributed by atoms with Crippen molar-refractivity contribution in [3.8, 4) is 0 Å². The van der Waals surface area contributed by atoms with Gasteiger partial charge in [0.25, 0.3) is 0 Å². The lowest BCUT2D eigenvalue weighted by atomic mass is 10.2. The van der Waals surface area contributed by atoms with E-state index in [1.54, 1.807) is 11.8 Å². The summed E-state index contributed by atoms with van der Waals surface area (Å²) in [6, 6.07) is 0. The molecule has 2 rings (SSSR count). The maximum Gasteiger partial charge on any atom is 0.307 e. The van der Waals surface area contributed by atoms with Gasteiger partial charge in [-0.15, -0.1) is 11.8 Å². The Balaban J connectivity index is 1.95. The fraction of sp³-hybridized carbons (Fsp3) is 0.636. The van der Waals surface area contributed by atoms with Gasteiger partial charge in [0.1, 0.15) is 6.61 Å². The number of carbonyl (C=O) groups excluding carboxylic acids is 1. The molecule has 1 unspecified atom stereocenters. The fourth-order valence-electron chi connectivity index (χ4n) is 2.03. The summed E-state index contributed by atoms with van der Waals surface area (Å²) in [6.07, 6.45) is 3.81. The molecular weight excluding hydrogens is 242 g/mol. The predicted molar refractivity (Wildman–Crippen MR) is 69.5 cm³/mol. The molecule has 3 nitrogen and oxygen atoms in total. The largest absolute Gasteiger partial charge is 0.464 e. The van der Waals surface area contributed by atoms with E-state index in [2.05, 4.69) is 5.32 Å². The summed E-state index contributed by atoms with van der Waals surface area (Å²) in [7, 11) is 1.94. The molecule has 0 amide bonds. The van der Waals surface area contributed by atoms with Crippen LogP contribution in [0.5, 0.6) is 0 Å². The van der Waals surface area contributed by atoms with Crippen molar-refractivity contribution in [3.63, 3.8) is 0 Å². The van der Waals surface area contributed by atoms with Gasteiger partial charge >= 0.3 is 5.97 Å². The average molecular weight is 257 g/mol. The highest BCUT2D eigenvalue weighted by atomic mass is 32.2. The van der Waals surface area contributed by atoms with Crippen molar-refractivity contribution in [2.24, 2.45) is 0 Å². The molecule has 2 aliphatic rings. The van der Waals surface area contributed by atoms with Crippen LogP contribution in [-0.4, -0.2) is 29.1 Å². The minimum Gasteiger partial charge on any atom is -0.464 e. The zero-order valence-electron chi connectivity index (χ0n) is 9.25. The maximum absolute atomic E-state index is 11.0. The molecule has 0 aromatic rings. The van der Waals surface area contributed by atoms with Crippen LogP contribution in [-0.2, 0) is 9.53 Å². The van der Waals surface area contributed by atoms with Crippen molar-refractivity contribution in [3.05, 3.63) is 11.3 Å². The molecule has 1 atom stereocenters. The number of hydrogen-bond acceptors (Lipinski definition) is 5. The average Bonchev–Trinajstić information content (AvgIpc) is 2.86. The molecule has 1 aliphatic carbocycles. The Hall–Kier alpha value is -0.550. The van der Waals surface area contributed by atoms with Gasteiger partial charge in [-0.05, 0) is 24.8 Å². The van der Waals surface area contributed by atoms with E-state index in [4.69, 9.17) is 17.0 Å². The highest BCUT2D eigenvalue weighted by molar-refractivity contribution is 8.24. The molecule has 1 N–H and O–H groups in total. The Morgan fingerprint density at radius 2 is 2.38 bits per heavy atom. The Kier molecular flexibility index (Phi) is 3.86. The lowest BCUT2D eigenvalue weighted by molar-refractivity contribution is -0.137. The third-order valence-corrected chi connectivity index (χ3v) is 4.50. The summed E-state index contributed by atoms with van der Waals surface area (Å²) in [5.74, 6) is -0.102. The lowest BCUT2D eigenvalue weighted by Gasteiger charge is -2.10. The Bertz CT molecular complexity index is 352. The second-order valence-electron chi connectivity index (χ2n) is 3.98. The molecule has 0 bridgehead atoms. The molecule has 1 heterocycles. The molecule has 88 valence electrons. The van der Waals surface area contributed by atoms with Crippen molar-refractivity contribution in [1.82, 2.24) is 5.32 Å². The summed E-state index contributed by atoms with van der Waals surface area (Å²) >= 11 is 7.05. The number of cyclic esters (lactones) is 1. The molecule has 0 saturated carbocycles. The van der Waals surface area contributed by atoms with Crippen LogP contribution in [0.25, 0.3) is 0 Å². The number of rotatable bonds is 3. The minimum atomic E-state index is -0.102. The van der Waals surface area contributed by atoms with Crippen molar-refractivity contribution < 1.29 is 9.53 Å². The van der Waals surface area contributed by atoms with Crippen LogP contribution in [0.3, 0.4) is 0 Å². The van der Waals surface area contributed by atoms with Crippen LogP contribution in [0.4, 0.5) is 0 Å². The van der Waals surface area contributed by atoms with Gasteiger partial charge in [0.2, 0.25) is 0 Å². The van der Waals surface area contributed by atoms with Crippen LogP contribution in [0.1, 0.15) is 25.7 Å². The van der Waals surface area contributed by atoms with Gasteiger partial charge in [-0.1, -0.05) is 12.2 Å². The lowest BCUT2D eigenvalue weighted by Crippen LogP contribution is -2.11. The first-order valence-electron chi connectivity index (χ1n) is 5.47. The summed E-state index contributed by atoms with van der Waals surface area (Å²) in [6.45, 7) is 0.506.